The maximum absolute atomic E-state index is 12.5. The second-order valence-electron chi connectivity index (χ2n) is 5.90. The van der Waals surface area contributed by atoms with E-state index in [2.05, 4.69) is 15.6 Å². The van der Waals surface area contributed by atoms with Gasteiger partial charge in [0, 0.05) is 29.5 Å². The Bertz CT molecular complexity index is 979. The molecule has 0 radical (unpaired) electrons. The fraction of sp³-hybridized carbons (Fsp3) is 0.143. The first-order valence-corrected chi connectivity index (χ1v) is 8.95. The number of benzene rings is 2. The van der Waals surface area contributed by atoms with Gasteiger partial charge in [-0.05, 0) is 35.9 Å². The summed E-state index contributed by atoms with van der Waals surface area (Å²) in [4.78, 5) is 16.6. The fourth-order valence-corrected chi connectivity index (χ4v) is 2.81. The summed E-state index contributed by atoms with van der Waals surface area (Å²) < 4.78 is 10.6. The van der Waals surface area contributed by atoms with Gasteiger partial charge in [0.1, 0.15) is 17.2 Å². The Kier molecular flexibility index (Phi) is 6.34. The zero-order valence-corrected chi connectivity index (χ0v) is 16.3. The van der Waals surface area contributed by atoms with E-state index in [1.807, 2.05) is 30.3 Å². The summed E-state index contributed by atoms with van der Waals surface area (Å²) in [6.45, 7) is 0.321. The molecule has 0 aliphatic rings. The highest BCUT2D eigenvalue weighted by atomic mass is 35.5. The van der Waals surface area contributed by atoms with Crippen molar-refractivity contribution in [2.75, 3.05) is 19.5 Å². The average molecular weight is 398 g/mol. The van der Waals surface area contributed by atoms with Crippen LogP contribution in [0.25, 0.3) is 0 Å². The Hall–Kier alpha value is -3.25. The number of carbonyl (C=O) groups is 1. The number of anilines is 2. The molecule has 0 atom stereocenters. The molecule has 6 nitrogen and oxygen atoms in total. The minimum Gasteiger partial charge on any atom is -0.497 e. The lowest BCUT2D eigenvalue weighted by molar-refractivity contribution is 0.0946. The van der Waals surface area contributed by atoms with Crippen LogP contribution in [0.1, 0.15) is 16.1 Å². The molecule has 1 aromatic heterocycles. The summed E-state index contributed by atoms with van der Waals surface area (Å²) in [6, 6.07) is 16.2. The second-order valence-corrected chi connectivity index (χ2v) is 6.30. The average Bonchev–Trinajstić information content (AvgIpc) is 2.73. The van der Waals surface area contributed by atoms with Crippen molar-refractivity contribution in [1.82, 2.24) is 10.3 Å². The van der Waals surface area contributed by atoms with Crippen LogP contribution >= 0.6 is 11.6 Å². The van der Waals surface area contributed by atoms with Crippen LogP contribution in [-0.2, 0) is 6.54 Å². The van der Waals surface area contributed by atoms with E-state index in [0.29, 0.717) is 34.4 Å². The van der Waals surface area contributed by atoms with E-state index < -0.39 is 0 Å². The van der Waals surface area contributed by atoms with Crippen LogP contribution in [0.2, 0.25) is 5.02 Å². The number of halogens is 1. The molecule has 0 aliphatic carbocycles. The predicted octanol–water partition coefficient (Wildman–Crippen LogP) is 4.43. The number of nitrogens with zero attached hydrogens (tertiary/aromatic N) is 1. The lowest BCUT2D eigenvalue weighted by Gasteiger charge is -2.13. The fourth-order valence-electron chi connectivity index (χ4n) is 2.61. The number of hydrogen-bond donors (Lipinski definition) is 2. The summed E-state index contributed by atoms with van der Waals surface area (Å²) in [5, 5.41) is 6.67. The van der Waals surface area contributed by atoms with Gasteiger partial charge in [0.15, 0.2) is 0 Å². The van der Waals surface area contributed by atoms with E-state index >= 15 is 0 Å². The van der Waals surface area contributed by atoms with Crippen molar-refractivity contribution in [2.45, 2.75) is 6.54 Å². The monoisotopic (exact) mass is 397 g/mol. The van der Waals surface area contributed by atoms with Crippen LogP contribution in [0.15, 0.2) is 60.8 Å². The van der Waals surface area contributed by atoms with Gasteiger partial charge in [-0.2, -0.15) is 0 Å². The molecular weight excluding hydrogens is 378 g/mol. The van der Waals surface area contributed by atoms with E-state index in [1.54, 1.807) is 44.7 Å². The van der Waals surface area contributed by atoms with E-state index in [4.69, 9.17) is 21.1 Å². The summed E-state index contributed by atoms with van der Waals surface area (Å²) in [5.41, 5.74) is 2.55. The Balaban J connectivity index is 1.73. The Labute approximate surface area is 168 Å². The molecule has 0 aliphatic heterocycles. The molecule has 0 fully saturated rings. The van der Waals surface area contributed by atoms with Gasteiger partial charge in [-0.1, -0.05) is 29.8 Å². The molecule has 2 aromatic carbocycles. The third-order valence-corrected chi connectivity index (χ3v) is 4.44. The molecule has 0 saturated heterocycles. The van der Waals surface area contributed by atoms with Crippen molar-refractivity contribution in [2.24, 2.45) is 0 Å². The van der Waals surface area contributed by atoms with Gasteiger partial charge in [0.2, 0.25) is 0 Å². The zero-order valence-electron chi connectivity index (χ0n) is 15.5. The van der Waals surface area contributed by atoms with Crippen LogP contribution in [0.3, 0.4) is 0 Å². The van der Waals surface area contributed by atoms with Crippen molar-refractivity contribution in [3.63, 3.8) is 0 Å². The van der Waals surface area contributed by atoms with Crippen LogP contribution in [0.4, 0.5) is 11.4 Å². The molecule has 0 spiro atoms. The molecule has 0 saturated carbocycles. The maximum atomic E-state index is 12.5. The van der Waals surface area contributed by atoms with E-state index in [-0.39, 0.29) is 5.91 Å². The molecule has 3 rings (SSSR count). The molecule has 7 heteroatoms. The van der Waals surface area contributed by atoms with Crippen LogP contribution < -0.4 is 20.1 Å². The first-order chi connectivity index (χ1) is 13.6. The summed E-state index contributed by atoms with van der Waals surface area (Å²) in [5.74, 6) is 1.05. The minimum absolute atomic E-state index is 0.291. The Morgan fingerprint density at radius 3 is 2.64 bits per heavy atom. The Morgan fingerprint density at radius 1 is 1.07 bits per heavy atom. The molecule has 1 heterocycles. The third kappa shape index (κ3) is 4.72. The molecule has 2 N–H and O–H groups in total. The topological polar surface area (TPSA) is 72.5 Å². The van der Waals surface area contributed by atoms with Crippen LogP contribution in [-0.4, -0.2) is 25.1 Å². The highest BCUT2D eigenvalue weighted by Crippen LogP contribution is 2.31. The Morgan fingerprint density at radius 2 is 1.89 bits per heavy atom. The molecule has 28 heavy (non-hydrogen) atoms. The van der Waals surface area contributed by atoms with Crippen LogP contribution in [0.5, 0.6) is 11.5 Å². The van der Waals surface area contributed by atoms with Gasteiger partial charge in [0.25, 0.3) is 5.91 Å². The number of rotatable bonds is 7. The number of nitrogens with one attached hydrogen (secondary N) is 2. The minimum atomic E-state index is -0.291. The first kappa shape index (κ1) is 19.5. The van der Waals surface area contributed by atoms with Gasteiger partial charge in [-0.25, -0.2) is 0 Å². The normalized spacial score (nSPS) is 10.2. The summed E-state index contributed by atoms with van der Waals surface area (Å²) >= 11 is 6.12. The summed E-state index contributed by atoms with van der Waals surface area (Å²) in [6.07, 6.45) is 1.57. The number of amides is 1. The maximum Gasteiger partial charge on any atom is 0.270 e. The highest BCUT2D eigenvalue weighted by Gasteiger charge is 2.11. The van der Waals surface area contributed by atoms with E-state index in [1.165, 1.54) is 0 Å². The molecule has 3 aromatic rings. The SMILES string of the molecule is COc1ccc(OC)c(Nc2ccnc(C(=O)NCc3ccccc3Cl)c2)c1. The lowest BCUT2D eigenvalue weighted by atomic mass is 10.2. The van der Waals surface area contributed by atoms with Crippen molar-refractivity contribution in [3.8, 4) is 11.5 Å². The van der Waals surface area contributed by atoms with Crippen LogP contribution in [0, 0.1) is 0 Å². The van der Waals surface area contributed by atoms with Gasteiger partial charge >= 0.3 is 0 Å². The van der Waals surface area contributed by atoms with Crippen molar-refractivity contribution < 1.29 is 14.3 Å². The zero-order chi connectivity index (χ0) is 19.9. The number of pyridine rings is 1. The van der Waals surface area contributed by atoms with Gasteiger partial charge in [0.05, 0.1) is 19.9 Å². The third-order valence-electron chi connectivity index (χ3n) is 4.08. The first-order valence-electron chi connectivity index (χ1n) is 8.57. The van der Waals surface area contributed by atoms with E-state index in [0.717, 1.165) is 11.3 Å². The number of methoxy groups -OCH3 is 2. The number of hydrogen-bond acceptors (Lipinski definition) is 5. The predicted molar refractivity (Wildman–Crippen MR) is 110 cm³/mol. The summed E-state index contributed by atoms with van der Waals surface area (Å²) in [7, 11) is 3.19. The number of ether oxygens (including phenoxy) is 2. The smallest absolute Gasteiger partial charge is 0.270 e. The standard InChI is InChI=1S/C21H20ClN3O3/c1-27-16-7-8-20(28-2)18(12-16)25-15-9-10-23-19(11-15)21(26)24-13-14-5-3-4-6-17(14)22/h3-12H,13H2,1-2H3,(H,23,25)(H,24,26). The van der Waals surface area contributed by atoms with E-state index in [9.17, 15) is 4.79 Å². The molecule has 1 amide bonds. The van der Waals surface area contributed by atoms with Crippen molar-refractivity contribution in [3.05, 3.63) is 77.1 Å². The molecular formula is C21H20ClN3O3. The van der Waals surface area contributed by atoms with Crippen molar-refractivity contribution >= 4 is 28.9 Å². The highest BCUT2D eigenvalue weighted by molar-refractivity contribution is 6.31. The molecule has 0 unspecified atom stereocenters. The molecule has 144 valence electrons. The largest absolute Gasteiger partial charge is 0.497 e. The van der Waals surface area contributed by atoms with Gasteiger partial charge in [-0.3, -0.25) is 9.78 Å². The second kappa shape index (κ2) is 9.10. The molecule has 0 bridgehead atoms. The van der Waals surface area contributed by atoms with Crippen molar-refractivity contribution in [1.29, 1.82) is 0 Å². The lowest BCUT2D eigenvalue weighted by Crippen LogP contribution is -2.24. The van der Waals surface area contributed by atoms with Gasteiger partial charge in [-0.15, -0.1) is 0 Å². The quantitative estimate of drug-likeness (QED) is 0.617. The number of carbonyl (C=O) groups excluding carboxylic acids is 1. The number of aromatic nitrogens is 1. The van der Waals surface area contributed by atoms with Gasteiger partial charge < -0.3 is 20.1 Å².